The lowest BCUT2D eigenvalue weighted by molar-refractivity contribution is -0.129. The van der Waals surface area contributed by atoms with Crippen molar-refractivity contribution in [2.75, 3.05) is 51.3 Å². The van der Waals surface area contributed by atoms with Crippen molar-refractivity contribution < 1.29 is 14.3 Å². The molecule has 0 aliphatic carbocycles. The second kappa shape index (κ2) is 17.3. The highest BCUT2D eigenvalue weighted by atomic mass is 16.5. The molecule has 3 N–H and O–H groups in total. The maximum atomic E-state index is 13.1. The minimum Gasteiger partial charge on any atom is -0.381 e. The monoisotopic (exact) mass is 694 g/mol. The molecule has 272 valence electrons. The summed E-state index contributed by atoms with van der Waals surface area (Å²) in [6, 6.07) is 15.4. The summed E-state index contributed by atoms with van der Waals surface area (Å²) < 4.78 is 7.49. The molecular formula is C40H54N8O3. The van der Waals surface area contributed by atoms with Crippen LogP contribution in [0.2, 0.25) is 0 Å². The van der Waals surface area contributed by atoms with E-state index in [-0.39, 0.29) is 30.8 Å². The quantitative estimate of drug-likeness (QED) is 0.157. The van der Waals surface area contributed by atoms with Crippen LogP contribution in [0.1, 0.15) is 68.0 Å². The van der Waals surface area contributed by atoms with Gasteiger partial charge in [0.05, 0.1) is 17.3 Å². The number of ether oxygens (including phenoxy) is 1. The number of aryl methyl sites for hydroxylation is 3. The molecule has 2 amide bonds. The van der Waals surface area contributed by atoms with E-state index in [0.717, 1.165) is 111 Å². The van der Waals surface area contributed by atoms with Crippen LogP contribution in [-0.2, 0) is 46.9 Å². The van der Waals surface area contributed by atoms with E-state index in [4.69, 9.17) is 9.72 Å². The second-order valence-corrected chi connectivity index (χ2v) is 13.8. The van der Waals surface area contributed by atoms with Gasteiger partial charge in [0.1, 0.15) is 6.42 Å². The first-order chi connectivity index (χ1) is 24.8. The van der Waals surface area contributed by atoms with Crippen LogP contribution in [0.15, 0.2) is 48.7 Å². The molecule has 4 aromatic rings. The number of rotatable bonds is 14. The van der Waals surface area contributed by atoms with E-state index < -0.39 is 0 Å². The van der Waals surface area contributed by atoms with Crippen molar-refractivity contribution in [2.45, 2.75) is 85.6 Å². The van der Waals surface area contributed by atoms with E-state index in [0.29, 0.717) is 13.0 Å². The van der Waals surface area contributed by atoms with Gasteiger partial charge in [0, 0.05) is 82.9 Å². The molecule has 11 nitrogen and oxygen atoms in total. The molecule has 51 heavy (non-hydrogen) atoms. The molecule has 2 saturated heterocycles. The maximum absolute atomic E-state index is 13.1. The molecule has 0 radical (unpaired) electrons. The van der Waals surface area contributed by atoms with Gasteiger partial charge in [-0.3, -0.25) is 14.5 Å². The molecule has 0 saturated carbocycles. The van der Waals surface area contributed by atoms with E-state index in [2.05, 4.69) is 94.9 Å². The zero-order valence-corrected chi connectivity index (χ0v) is 30.8. The first-order valence-electron chi connectivity index (χ1n) is 18.7. The molecule has 4 heterocycles. The van der Waals surface area contributed by atoms with Crippen LogP contribution in [0.25, 0.3) is 22.2 Å². The van der Waals surface area contributed by atoms with Crippen molar-refractivity contribution in [2.24, 2.45) is 0 Å². The van der Waals surface area contributed by atoms with E-state index in [9.17, 15) is 9.59 Å². The third-order valence-corrected chi connectivity index (χ3v) is 10.3. The molecule has 11 heteroatoms. The highest BCUT2D eigenvalue weighted by molar-refractivity contribution is 5.97. The summed E-state index contributed by atoms with van der Waals surface area (Å²) in [6.07, 6.45) is 4.13. The van der Waals surface area contributed by atoms with Gasteiger partial charge in [0.2, 0.25) is 11.8 Å². The number of carbonyl (C=O) groups excluding carboxylic acids is 2. The van der Waals surface area contributed by atoms with Crippen molar-refractivity contribution in [1.29, 1.82) is 0 Å². The van der Waals surface area contributed by atoms with Gasteiger partial charge in [-0.05, 0) is 79.6 Å². The van der Waals surface area contributed by atoms with Gasteiger partial charge in [-0.1, -0.05) is 44.2 Å². The van der Waals surface area contributed by atoms with Crippen molar-refractivity contribution in [3.63, 3.8) is 0 Å². The van der Waals surface area contributed by atoms with Gasteiger partial charge in [-0.25, -0.2) is 9.67 Å². The zero-order valence-electron chi connectivity index (χ0n) is 30.8. The summed E-state index contributed by atoms with van der Waals surface area (Å²) in [4.78, 5) is 36.0. The minimum absolute atomic E-state index is 0.249. The lowest BCUT2D eigenvalue weighted by atomic mass is 9.96. The number of nitrogens with zero attached hydrogens (tertiary/aromatic N) is 5. The Morgan fingerprint density at radius 3 is 2.35 bits per heavy atom. The van der Waals surface area contributed by atoms with E-state index in [1.165, 1.54) is 16.7 Å². The van der Waals surface area contributed by atoms with Crippen molar-refractivity contribution in [3.05, 3.63) is 76.6 Å². The third-order valence-electron chi connectivity index (χ3n) is 10.3. The Balaban J connectivity index is 1.06. The predicted octanol–water partition coefficient (Wildman–Crippen LogP) is 5.04. The summed E-state index contributed by atoms with van der Waals surface area (Å²) in [5.41, 5.74) is 9.48. The molecule has 0 atom stereocenters. The number of benzene rings is 2. The standard InChI is InChI=1S/C40H54N8O3/c1-5-36-34(39(44-32-13-19-51-20-14-32)35-26-43-48(7-3)40(35)45-36)25-42-38(50)23-37(49)41-24-29-12-11-28(4)33(22-29)31-10-8-9-30(21-31)27-47-17-15-46(6-2)16-18-47/h8-12,21-22,26,32H,5-7,13-20,23-25,27H2,1-4H3,(H,41,49)(H,42,50)(H,44,45). The fraction of sp³-hybridized carbons (Fsp3) is 0.500. The number of likely N-dealkylation sites (N-methyl/N-ethyl adjacent to an activating group) is 1. The number of hydrogen-bond acceptors (Lipinski definition) is 8. The number of fused-ring (bicyclic) bond motifs is 1. The minimum atomic E-state index is -0.326. The Morgan fingerprint density at radius 1 is 0.882 bits per heavy atom. The number of aromatic nitrogens is 3. The van der Waals surface area contributed by atoms with Gasteiger partial charge in [0.15, 0.2) is 5.65 Å². The van der Waals surface area contributed by atoms with E-state index in [1.54, 1.807) is 0 Å². The molecule has 2 fully saturated rings. The predicted molar refractivity (Wildman–Crippen MR) is 202 cm³/mol. The highest BCUT2D eigenvalue weighted by Gasteiger charge is 2.22. The molecule has 2 aliphatic rings. The Kier molecular flexibility index (Phi) is 12.3. The highest BCUT2D eigenvalue weighted by Crippen LogP contribution is 2.31. The van der Waals surface area contributed by atoms with Crippen LogP contribution in [0, 0.1) is 6.92 Å². The lowest BCUT2D eigenvalue weighted by Gasteiger charge is -2.34. The maximum Gasteiger partial charge on any atom is 0.229 e. The Labute approximate surface area is 302 Å². The van der Waals surface area contributed by atoms with E-state index >= 15 is 0 Å². The number of carbonyl (C=O) groups is 2. The average Bonchev–Trinajstić information content (AvgIpc) is 3.57. The van der Waals surface area contributed by atoms with Gasteiger partial charge in [-0.2, -0.15) is 5.10 Å². The number of hydrogen-bond donors (Lipinski definition) is 3. The molecule has 0 unspecified atom stereocenters. The number of nitrogens with one attached hydrogen (secondary N) is 3. The molecule has 2 aliphatic heterocycles. The first kappa shape index (κ1) is 36.5. The van der Waals surface area contributed by atoms with Gasteiger partial charge >= 0.3 is 0 Å². The van der Waals surface area contributed by atoms with Crippen molar-refractivity contribution in [3.8, 4) is 11.1 Å². The zero-order chi connectivity index (χ0) is 35.7. The van der Waals surface area contributed by atoms with E-state index in [1.807, 2.05) is 16.9 Å². The second-order valence-electron chi connectivity index (χ2n) is 13.8. The Bertz CT molecular complexity index is 1810. The molecule has 0 spiro atoms. The summed E-state index contributed by atoms with van der Waals surface area (Å²) in [6.45, 7) is 17.8. The fourth-order valence-corrected chi connectivity index (χ4v) is 7.21. The molecule has 6 rings (SSSR count). The molecular weight excluding hydrogens is 640 g/mol. The van der Waals surface area contributed by atoms with Crippen LogP contribution in [-0.4, -0.2) is 88.4 Å². The summed E-state index contributed by atoms with van der Waals surface area (Å²) in [5.74, 6) is -0.637. The largest absolute Gasteiger partial charge is 0.381 e. The SMILES string of the molecule is CCc1nc2c(cnn2CC)c(NC2CCOCC2)c1CNC(=O)CC(=O)NCc1ccc(C)c(-c2cccc(CN3CCN(CC)CC3)c2)c1. The van der Waals surface area contributed by atoms with Gasteiger partial charge in [0.25, 0.3) is 0 Å². The molecule has 2 aromatic carbocycles. The van der Waals surface area contributed by atoms with Crippen LogP contribution >= 0.6 is 0 Å². The summed E-state index contributed by atoms with van der Waals surface area (Å²) in [5, 5.41) is 15.2. The molecule has 0 bridgehead atoms. The topological polar surface area (TPSA) is 117 Å². The van der Waals surface area contributed by atoms with Gasteiger partial charge < -0.3 is 25.6 Å². The smallest absolute Gasteiger partial charge is 0.229 e. The number of anilines is 1. The number of piperazine rings is 1. The number of amides is 2. The number of pyridine rings is 1. The lowest BCUT2D eigenvalue weighted by Crippen LogP contribution is -2.45. The first-order valence-corrected chi connectivity index (χ1v) is 18.7. The summed E-state index contributed by atoms with van der Waals surface area (Å²) in [7, 11) is 0. The summed E-state index contributed by atoms with van der Waals surface area (Å²) >= 11 is 0. The van der Waals surface area contributed by atoms with Crippen LogP contribution in [0.4, 0.5) is 5.69 Å². The Morgan fingerprint density at radius 2 is 1.63 bits per heavy atom. The fourth-order valence-electron chi connectivity index (χ4n) is 7.21. The van der Waals surface area contributed by atoms with Crippen LogP contribution in [0.5, 0.6) is 0 Å². The van der Waals surface area contributed by atoms with Crippen LogP contribution < -0.4 is 16.0 Å². The van der Waals surface area contributed by atoms with Gasteiger partial charge in [-0.15, -0.1) is 0 Å². The van der Waals surface area contributed by atoms with Crippen molar-refractivity contribution >= 4 is 28.5 Å². The average molecular weight is 695 g/mol. The van der Waals surface area contributed by atoms with Crippen LogP contribution in [0.3, 0.4) is 0 Å². The normalized spacial score (nSPS) is 16.0. The van der Waals surface area contributed by atoms with Crippen molar-refractivity contribution in [1.82, 2.24) is 35.2 Å². The Hall–Kier alpha value is -4.32. The molecule has 2 aromatic heterocycles. The third kappa shape index (κ3) is 9.13.